The maximum absolute atomic E-state index is 13.1. The SMILES string of the molecule is Cc1ccc(S(=O)(=O)C2(C(=O)Nc3ccc(Cl)cc3Cl)CCC2)cc1. The molecule has 0 saturated heterocycles. The Balaban J connectivity index is 1.94. The van der Waals surface area contributed by atoms with Gasteiger partial charge in [-0.25, -0.2) is 8.42 Å². The molecule has 4 nitrogen and oxygen atoms in total. The zero-order valence-electron chi connectivity index (χ0n) is 13.6. The third-order valence-electron chi connectivity index (χ3n) is 4.60. The zero-order valence-corrected chi connectivity index (χ0v) is 15.9. The number of anilines is 1. The van der Waals surface area contributed by atoms with Gasteiger partial charge in [0.05, 0.1) is 15.6 Å². The highest BCUT2D eigenvalue weighted by Crippen LogP contribution is 2.44. The summed E-state index contributed by atoms with van der Waals surface area (Å²) in [7, 11) is -3.80. The van der Waals surface area contributed by atoms with E-state index in [2.05, 4.69) is 5.32 Å². The second-order valence-electron chi connectivity index (χ2n) is 6.24. The van der Waals surface area contributed by atoms with Crippen LogP contribution in [0.3, 0.4) is 0 Å². The lowest BCUT2D eigenvalue weighted by Gasteiger charge is -2.39. The van der Waals surface area contributed by atoms with Gasteiger partial charge in [0.25, 0.3) is 0 Å². The lowest BCUT2D eigenvalue weighted by atomic mass is 9.83. The van der Waals surface area contributed by atoms with E-state index in [1.807, 2.05) is 6.92 Å². The van der Waals surface area contributed by atoms with E-state index < -0.39 is 20.5 Å². The topological polar surface area (TPSA) is 63.2 Å². The Bertz CT molecular complexity index is 920. The number of sulfone groups is 1. The van der Waals surface area contributed by atoms with Gasteiger partial charge in [0.2, 0.25) is 5.91 Å². The van der Waals surface area contributed by atoms with Crippen molar-refractivity contribution in [1.82, 2.24) is 0 Å². The molecule has 1 amide bonds. The van der Waals surface area contributed by atoms with E-state index >= 15 is 0 Å². The molecule has 0 aliphatic heterocycles. The van der Waals surface area contributed by atoms with Crippen molar-refractivity contribution in [2.24, 2.45) is 0 Å². The van der Waals surface area contributed by atoms with Gasteiger partial charge in [-0.2, -0.15) is 0 Å². The summed E-state index contributed by atoms with van der Waals surface area (Å²) >= 11 is 11.9. The first kappa shape index (κ1) is 18.2. The molecule has 7 heteroatoms. The van der Waals surface area contributed by atoms with Crippen molar-refractivity contribution < 1.29 is 13.2 Å². The summed E-state index contributed by atoms with van der Waals surface area (Å²) in [6.45, 7) is 1.88. The molecule has 0 bridgehead atoms. The van der Waals surface area contributed by atoms with Crippen molar-refractivity contribution in [3.63, 3.8) is 0 Å². The molecule has 132 valence electrons. The minimum Gasteiger partial charge on any atom is -0.323 e. The van der Waals surface area contributed by atoms with Crippen molar-refractivity contribution in [3.8, 4) is 0 Å². The molecule has 1 aliphatic carbocycles. The van der Waals surface area contributed by atoms with Crippen LogP contribution in [-0.4, -0.2) is 19.1 Å². The number of hydrogen-bond acceptors (Lipinski definition) is 3. The summed E-state index contributed by atoms with van der Waals surface area (Å²) in [5.41, 5.74) is 1.31. The predicted octanol–water partition coefficient (Wildman–Crippen LogP) is 4.64. The number of amides is 1. The molecule has 2 aromatic carbocycles. The Morgan fingerprint density at radius 1 is 1.08 bits per heavy atom. The van der Waals surface area contributed by atoms with Gasteiger partial charge in [-0.15, -0.1) is 0 Å². The third kappa shape index (κ3) is 3.16. The van der Waals surface area contributed by atoms with Gasteiger partial charge in [-0.1, -0.05) is 40.9 Å². The first-order valence-electron chi connectivity index (χ1n) is 7.84. The quantitative estimate of drug-likeness (QED) is 0.816. The fourth-order valence-electron chi connectivity index (χ4n) is 2.89. The molecule has 25 heavy (non-hydrogen) atoms. The van der Waals surface area contributed by atoms with E-state index in [0.717, 1.165) is 5.56 Å². The van der Waals surface area contributed by atoms with Gasteiger partial charge in [0.15, 0.2) is 14.6 Å². The smallest absolute Gasteiger partial charge is 0.246 e. The average molecular weight is 398 g/mol. The van der Waals surface area contributed by atoms with Crippen LogP contribution in [0.25, 0.3) is 0 Å². The third-order valence-corrected chi connectivity index (χ3v) is 7.66. The average Bonchev–Trinajstić information content (AvgIpc) is 2.49. The number of benzene rings is 2. The lowest BCUT2D eigenvalue weighted by molar-refractivity contribution is -0.120. The minimum absolute atomic E-state index is 0.162. The second kappa shape index (κ2) is 6.63. The van der Waals surface area contributed by atoms with Crippen LogP contribution >= 0.6 is 23.2 Å². The van der Waals surface area contributed by atoms with Crippen LogP contribution in [-0.2, 0) is 14.6 Å². The summed E-state index contributed by atoms with van der Waals surface area (Å²) in [5.74, 6) is -0.552. The van der Waals surface area contributed by atoms with Gasteiger partial charge < -0.3 is 5.32 Å². The predicted molar refractivity (Wildman–Crippen MR) is 100 cm³/mol. The van der Waals surface area contributed by atoms with E-state index in [4.69, 9.17) is 23.2 Å². The summed E-state index contributed by atoms with van der Waals surface area (Å²) in [6, 6.07) is 11.2. The molecule has 1 N–H and O–H groups in total. The molecule has 0 heterocycles. The summed E-state index contributed by atoms with van der Waals surface area (Å²) < 4.78 is 24.8. The number of nitrogens with one attached hydrogen (secondary N) is 1. The molecule has 0 atom stereocenters. The van der Waals surface area contributed by atoms with Crippen molar-refractivity contribution in [1.29, 1.82) is 0 Å². The number of halogens is 2. The minimum atomic E-state index is -3.80. The molecule has 0 aromatic heterocycles. The molecule has 1 aliphatic rings. The van der Waals surface area contributed by atoms with Crippen LogP contribution in [0.1, 0.15) is 24.8 Å². The van der Waals surface area contributed by atoms with Crippen molar-refractivity contribution in [2.45, 2.75) is 35.8 Å². The van der Waals surface area contributed by atoms with Crippen LogP contribution in [0, 0.1) is 6.92 Å². The lowest BCUT2D eigenvalue weighted by Crippen LogP contribution is -2.54. The Labute approximate surface area is 157 Å². The molecular weight excluding hydrogens is 381 g/mol. The Hall–Kier alpha value is -1.56. The Morgan fingerprint density at radius 2 is 1.72 bits per heavy atom. The van der Waals surface area contributed by atoms with Crippen molar-refractivity contribution in [2.75, 3.05) is 5.32 Å². The first-order valence-corrected chi connectivity index (χ1v) is 10.1. The van der Waals surface area contributed by atoms with Gasteiger partial charge in [0.1, 0.15) is 0 Å². The number of aryl methyl sites for hydroxylation is 1. The maximum Gasteiger partial charge on any atom is 0.246 e. The number of rotatable bonds is 4. The van der Waals surface area contributed by atoms with Gasteiger partial charge in [-0.05, 0) is 56.5 Å². The normalized spacial score (nSPS) is 16.1. The highest BCUT2D eigenvalue weighted by Gasteiger charge is 2.55. The molecule has 2 aromatic rings. The molecule has 3 rings (SSSR count). The van der Waals surface area contributed by atoms with E-state index in [9.17, 15) is 13.2 Å². The van der Waals surface area contributed by atoms with E-state index in [0.29, 0.717) is 30.0 Å². The second-order valence-corrected chi connectivity index (χ2v) is 9.35. The number of carbonyl (C=O) groups is 1. The van der Waals surface area contributed by atoms with Crippen LogP contribution in [0.4, 0.5) is 5.69 Å². The molecule has 1 fully saturated rings. The number of hydrogen-bond donors (Lipinski definition) is 1. The van der Waals surface area contributed by atoms with Gasteiger partial charge in [0, 0.05) is 5.02 Å². The largest absolute Gasteiger partial charge is 0.323 e. The molecule has 0 spiro atoms. The maximum atomic E-state index is 13.1. The van der Waals surface area contributed by atoms with Gasteiger partial charge >= 0.3 is 0 Å². The molecule has 0 radical (unpaired) electrons. The van der Waals surface area contributed by atoms with E-state index in [1.165, 1.54) is 6.07 Å². The fraction of sp³-hybridized carbons (Fsp3) is 0.278. The monoisotopic (exact) mass is 397 g/mol. The summed E-state index contributed by atoms with van der Waals surface area (Å²) in [4.78, 5) is 13.0. The van der Waals surface area contributed by atoms with E-state index in [-0.39, 0.29) is 9.92 Å². The van der Waals surface area contributed by atoms with Crippen LogP contribution < -0.4 is 5.32 Å². The molecule has 0 unspecified atom stereocenters. The van der Waals surface area contributed by atoms with Crippen LogP contribution in [0.15, 0.2) is 47.4 Å². The van der Waals surface area contributed by atoms with Crippen molar-refractivity contribution >= 4 is 44.6 Å². The Kier molecular flexibility index (Phi) is 4.84. The molecule has 1 saturated carbocycles. The van der Waals surface area contributed by atoms with Gasteiger partial charge in [-0.3, -0.25) is 4.79 Å². The van der Waals surface area contributed by atoms with Crippen LogP contribution in [0.5, 0.6) is 0 Å². The van der Waals surface area contributed by atoms with Crippen LogP contribution in [0.2, 0.25) is 10.0 Å². The standard InChI is InChI=1S/C18H17Cl2NO3S/c1-12-3-6-14(7-4-12)25(23,24)18(9-2-10-18)17(22)21-16-8-5-13(19)11-15(16)20/h3-8,11H,2,9-10H2,1H3,(H,21,22). The zero-order chi connectivity index (χ0) is 18.2. The van der Waals surface area contributed by atoms with E-state index in [1.54, 1.807) is 36.4 Å². The summed E-state index contributed by atoms with van der Waals surface area (Å²) in [6.07, 6.45) is 1.27. The number of carbonyl (C=O) groups excluding carboxylic acids is 1. The van der Waals surface area contributed by atoms with Crippen molar-refractivity contribution in [3.05, 3.63) is 58.1 Å². The Morgan fingerprint density at radius 3 is 2.24 bits per heavy atom. The first-order chi connectivity index (χ1) is 11.8. The fourth-order valence-corrected chi connectivity index (χ4v) is 5.41. The molecular formula is C18H17Cl2NO3S. The summed E-state index contributed by atoms with van der Waals surface area (Å²) in [5, 5.41) is 3.36. The highest BCUT2D eigenvalue weighted by atomic mass is 35.5. The highest BCUT2D eigenvalue weighted by molar-refractivity contribution is 7.93.